The zero-order chi connectivity index (χ0) is 15.4. The van der Waals surface area contributed by atoms with Crippen LogP contribution in [0.25, 0.3) is 10.9 Å². The third-order valence-corrected chi connectivity index (χ3v) is 7.00. The molecular weight excluding hydrogens is 312 g/mol. The fourth-order valence-corrected chi connectivity index (χ4v) is 5.80. The van der Waals surface area contributed by atoms with Crippen molar-refractivity contribution in [1.82, 2.24) is 4.68 Å². The van der Waals surface area contributed by atoms with Crippen molar-refractivity contribution in [3.8, 4) is 0 Å². The number of nitrogens with zero attached hydrogens (tertiary/aromatic N) is 1. The van der Waals surface area contributed by atoms with E-state index in [-0.39, 0.29) is 5.91 Å². The molecule has 2 heterocycles. The van der Waals surface area contributed by atoms with E-state index in [1.54, 1.807) is 0 Å². The van der Waals surface area contributed by atoms with E-state index in [0.29, 0.717) is 6.42 Å². The topological polar surface area (TPSA) is 34.0 Å². The molecule has 1 amide bonds. The van der Waals surface area contributed by atoms with Gasteiger partial charge in [-0.15, -0.1) is 0 Å². The number of nitrogens with one attached hydrogen (secondary N) is 1. The van der Waals surface area contributed by atoms with Gasteiger partial charge in [-0.25, -0.2) is 0 Å². The van der Waals surface area contributed by atoms with Crippen LogP contribution in [-0.2, 0) is 4.79 Å². The van der Waals surface area contributed by atoms with E-state index in [1.165, 1.54) is 24.2 Å². The van der Waals surface area contributed by atoms with Crippen LogP contribution < -0.4 is 5.43 Å². The smallest absolute Gasteiger partial charge is 0.238 e. The highest BCUT2D eigenvalue weighted by atomic mass is 33.1. The molecule has 1 saturated heterocycles. The van der Waals surface area contributed by atoms with Crippen LogP contribution in [0.4, 0.5) is 0 Å². The Labute approximate surface area is 139 Å². The fourth-order valence-electron chi connectivity index (χ4n) is 2.77. The highest BCUT2D eigenvalue weighted by Crippen LogP contribution is 2.39. The van der Waals surface area contributed by atoms with Crippen LogP contribution in [0.1, 0.15) is 37.7 Å². The first-order valence-corrected chi connectivity index (χ1v) is 10.3. The summed E-state index contributed by atoms with van der Waals surface area (Å²) in [6, 6.07) is 8.30. The number of benzene rings is 1. The second-order valence-electron chi connectivity index (χ2n) is 5.86. The van der Waals surface area contributed by atoms with Gasteiger partial charge in [0.15, 0.2) is 0 Å². The maximum Gasteiger partial charge on any atom is 0.238 e. The van der Waals surface area contributed by atoms with Gasteiger partial charge >= 0.3 is 0 Å². The molecule has 1 N–H and O–H groups in total. The number of carbonyl (C=O) groups is 1. The van der Waals surface area contributed by atoms with Gasteiger partial charge in [0.1, 0.15) is 0 Å². The van der Waals surface area contributed by atoms with Crippen molar-refractivity contribution in [1.29, 1.82) is 0 Å². The molecule has 118 valence electrons. The van der Waals surface area contributed by atoms with Gasteiger partial charge in [0.2, 0.25) is 5.91 Å². The largest absolute Gasteiger partial charge is 0.273 e. The van der Waals surface area contributed by atoms with Crippen LogP contribution in [0.15, 0.2) is 30.5 Å². The van der Waals surface area contributed by atoms with Crippen LogP contribution in [0.3, 0.4) is 0 Å². The monoisotopic (exact) mass is 334 g/mol. The summed E-state index contributed by atoms with van der Waals surface area (Å²) in [5.41, 5.74) is 5.27. The van der Waals surface area contributed by atoms with Gasteiger partial charge in [0, 0.05) is 29.0 Å². The first-order valence-electron chi connectivity index (χ1n) is 7.88. The van der Waals surface area contributed by atoms with E-state index < -0.39 is 0 Å². The molecule has 5 heteroatoms. The number of hydrogen-bond acceptors (Lipinski definition) is 3. The number of unbranched alkanes of at least 4 members (excludes halogenated alkanes) is 1. The van der Waals surface area contributed by atoms with Crippen molar-refractivity contribution in [2.75, 3.05) is 11.2 Å². The summed E-state index contributed by atoms with van der Waals surface area (Å²) >= 11 is 0. The summed E-state index contributed by atoms with van der Waals surface area (Å²) in [5, 5.41) is 1.97. The molecule has 0 radical (unpaired) electrons. The molecule has 3 nitrogen and oxygen atoms in total. The van der Waals surface area contributed by atoms with E-state index in [2.05, 4.69) is 30.5 Å². The predicted octanol–water partition coefficient (Wildman–Crippen LogP) is 4.73. The second-order valence-corrected chi connectivity index (χ2v) is 8.65. The van der Waals surface area contributed by atoms with E-state index in [1.807, 2.05) is 38.5 Å². The van der Waals surface area contributed by atoms with Gasteiger partial charge in [-0.3, -0.25) is 14.9 Å². The number of aryl methyl sites for hydroxylation is 1. The van der Waals surface area contributed by atoms with E-state index in [9.17, 15) is 4.79 Å². The molecule has 2 aromatic rings. The number of hydrogen-bond donors (Lipinski definition) is 1. The Hall–Kier alpha value is -1.07. The van der Waals surface area contributed by atoms with Gasteiger partial charge in [-0.1, -0.05) is 39.6 Å². The number of rotatable bonds is 6. The molecule has 3 rings (SSSR count). The lowest BCUT2D eigenvalue weighted by Gasteiger charge is -2.09. The quantitative estimate of drug-likeness (QED) is 0.612. The SMILES string of the molecule is Cc1ccc2c(ccn2NC(=O)CCCCC2CCSS2)c1. The number of amides is 1. The molecular formula is C17H22N2OS2. The first kappa shape index (κ1) is 15.8. The van der Waals surface area contributed by atoms with Gasteiger partial charge in [-0.2, -0.15) is 0 Å². The average molecular weight is 335 g/mol. The summed E-state index contributed by atoms with van der Waals surface area (Å²) in [5.74, 6) is 1.39. The number of fused-ring (bicyclic) bond motifs is 1. The van der Waals surface area contributed by atoms with Crippen LogP contribution in [0.2, 0.25) is 0 Å². The maximum absolute atomic E-state index is 12.1. The van der Waals surface area contributed by atoms with Gasteiger partial charge in [0.05, 0.1) is 5.52 Å². The molecule has 1 aromatic heterocycles. The molecule has 1 fully saturated rings. The lowest BCUT2D eigenvalue weighted by Crippen LogP contribution is -2.21. The highest BCUT2D eigenvalue weighted by molar-refractivity contribution is 8.77. The average Bonchev–Trinajstić information content (AvgIpc) is 3.14. The number of aromatic nitrogens is 1. The molecule has 0 saturated carbocycles. The van der Waals surface area contributed by atoms with Crippen molar-refractivity contribution in [3.63, 3.8) is 0 Å². The van der Waals surface area contributed by atoms with E-state index in [4.69, 9.17) is 0 Å². The third kappa shape index (κ3) is 4.02. The van der Waals surface area contributed by atoms with Crippen LogP contribution in [0.5, 0.6) is 0 Å². The Morgan fingerprint density at radius 1 is 1.36 bits per heavy atom. The highest BCUT2D eigenvalue weighted by Gasteiger charge is 2.15. The molecule has 0 aliphatic carbocycles. The zero-order valence-corrected chi connectivity index (χ0v) is 14.5. The summed E-state index contributed by atoms with van der Waals surface area (Å²) in [6.45, 7) is 2.08. The van der Waals surface area contributed by atoms with E-state index in [0.717, 1.165) is 29.0 Å². The molecule has 1 unspecified atom stereocenters. The van der Waals surface area contributed by atoms with Crippen LogP contribution >= 0.6 is 21.6 Å². The molecule has 0 spiro atoms. The minimum absolute atomic E-state index is 0.103. The first-order chi connectivity index (χ1) is 10.7. The van der Waals surface area contributed by atoms with Gasteiger partial charge < -0.3 is 0 Å². The third-order valence-electron chi connectivity index (χ3n) is 4.00. The lowest BCUT2D eigenvalue weighted by molar-refractivity contribution is -0.117. The molecule has 22 heavy (non-hydrogen) atoms. The van der Waals surface area contributed by atoms with Crippen molar-refractivity contribution < 1.29 is 4.79 Å². The second kappa shape index (κ2) is 7.47. The van der Waals surface area contributed by atoms with Crippen LogP contribution in [0, 0.1) is 6.92 Å². The minimum Gasteiger partial charge on any atom is -0.273 e. The predicted molar refractivity (Wildman–Crippen MR) is 98.0 cm³/mol. The molecule has 1 aliphatic rings. The molecule has 1 aromatic carbocycles. The summed E-state index contributed by atoms with van der Waals surface area (Å²) in [6.07, 6.45) is 7.24. The maximum atomic E-state index is 12.1. The lowest BCUT2D eigenvalue weighted by atomic mass is 10.1. The van der Waals surface area contributed by atoms with Gasteiger partial charge in [0.25, 0.3) is 0 Å². The Morgan fingerprint density at radius 3 is 3.09 bits per heavy atom. The molecule has 1 aliphatic heterocycles. The Morgan fingerprint density at radius 2 is 2.27 bits per heavy atom. The summed E-state index contributed by atoms with van der Waals surface area (Å²) < 4.78 is 1.83. The molecule has 0 bridgehead atoms. The van der Waals surface area contributed by atoms with Crippen molar-refractivity contribution in [3.05, 3.63) is 36.0 Å². The summed E-state index contributed by atoms with van der Waals surface area (Å²) in [4.78, 5) is 12.1. The molecule has 1 atom stereocenters. The fraction of sp³-hybridized carbons (Fsp3) is 0.471. The Kier molecular flexibility index (Phi) is 5.37. The van der Waals surface area contributed by atoms with Gasteiger partial charge in [-0.05, 0) is 44.4 Å². The Balaban J connectivity index is 1.46. The zero-order valence-electron chi connectivity index (χ0n) is 12.9. The van der Waals surface area contributed by atoms with Crippen molar-refractivity contribution >= 4 is 38.4 Å². The van der Waals surface area contributed by atoms with Crippen LogP contribution in [-0.4, -0.2) is 21.6 Å². The standard InChI is InChI=1S/C17H22N2OS2/c1-13-6-7-16-14(12-13)8-10-19(16)18-17(20)5-3-2-4-15-9-11-21-22-15/h6-8,10,12,15H,2-5,9,11H2,1H3,(H,18,20). The summed E-state index contributed by atoms with van der Waals surface area (Å²) in [7, 11) is 4.00. The Bertz CT molecular complexity index is 647. The van der Waals surface area contributed by atoms with Crippen molar-refractivity contribution in [2.45, 2.75) is 44.3 Å². The van der Waals surface area contributed by atoms with Crippen molar-refractivity contribution in [2.24, 2.45) is 0 Å². The number of carbonyl (C=O) groups excluding carboxylic acids is 1. The minimum atomic E-state index is 0.103. The normalized spacial score (nSPS) is 18.0. The van der Waals surface area contributed by atoms with E-state index >= 15 is 0 Å².